The van der Waals surface area contributed by atoms with Crippen molar-refractivity contribution in [2.45, 2.75) is 55.4 Å². The summed E-state index contributed by atoms with van der Waals surface area (Å²) in [5.41, 5.74) is 0. The molecule has 0 N–H and O–H groups in total. The standard InChI is InChI=1S/2C8H18N.FH.Nd/c2*1-7(2)5-9-6-8(3)4;;/h2*7-8H,5-6H2,1-4H3;1H;/q2*-1;;+3/p-1. The fraction of sp³-hybridized carbons (Fsp3) is 1.00. The molecule has 0 fully saturated rings. The second kappa shape index (κ2) is 12.7. The molecular weight excluding hydrogens is 383 g/mol. The number of halogens is 1. The first-order chi connectivity index (χ1) is 8.70. The van der Waals surface area contributed by atoms with Gasteiger partial charge in [0.1, 0.15) is 0 Å². The van der Waals surface area contributed by atoms with E-state index in [4.69, 9.17) is 0 Å². The van der Waals surface area contributed by atoms with Gasteiger partial charge in [-0.1, -0.05) is 0 Å². The van der Waals surface area contributed by atoms with Gasteiger partial charge < -0.3 is 4.70 Å². The minimum absolute atomic E-state index is 0. The molecule has 0 aromatic heterocycles. The van der Waals surface area contributed by atoms with Crippen molar-refractivity contribution in [1.29, 1.82) is 0 Å². The maximum Gasteiger partial charge on any atom is -1.00 e. The van der Waals surface area contributed by atoms with Gasteiger partial charge in [-0.25, -0.2) is 0 Å². The molecule has 2 nitrogen and oxygen atoms in total. The Labute approximate surface area is 148 Å². The second-order valence-electron chi connectivity index (χ2n) is 7.49. The van der Waals surface area contributed by atoms with E-state index in [-0.39, 0.29) is 4.70 Å². The molecule has 0 atom stereocenters. The molecule has 0 aromatic carbocycles. The summed E-state index contributed by atoms with van der Waals surface area (Å²) >= 11 is -0.824. The molecule has 0 rings (SSSR count). The largest absolute Gasteiger partial charge is 1.00 e. The van der Waals surface area contributed by atoms with Gasteiger partial charge in [-0.15, -0.1) is 0 Å². The van der Waals surface area contributed by atoms with Gasteiger partial charge >= 0.3 is 145 Å². The van der Waals surface area contributed by atoms with E-state index >= 15 is 0 Å². The van der Waals surface area contributed by atoms with E-state index in [1.807, 2.05) is 0 Å². The van der Waals surface area contributed by atoms with E-state index in [9.17, 15) is 0 Å². The molecule has 0 saturated carbocycles. The molecule has 0 spiro atoms. The van der Waals surface area contributed by atoms with Crippen LogP contribution < -0.4 is 4.70 Å². The van der Waals surface area contributed by atoms with E-state index in [2.05, 4.69) is 57.4 Å². The Morgan fingerprint density at radius 1 is 0.550 bits per heavy atom. The van der Waals surface area contributed by atoms with Crippen LogP contribution in [-0.4, -0.2) is 28.1 Å². The summed E-state index contributed by atoms with van der Waals surface area (Å²) in [4.78, 5) is 0. The van der Waals surface area contributed by atoms with Gasteiger partial charge in [0.2, 0.25) is 0 Å². The molecular formula is C16H36FN2Nd. The summed E-state index contributed by atoms with van der Waals surface area (Å²) in [7, 11) is 0. The van der Waals surface area contributed by atoms with E-state index < -0.39 is 37.5 Å². The van der Waals surface area contributed by atoms with Crippen LogP contribution in [0.25, 0.3) is 0 Å². The molecule has 20 heavy (non-hydrogen) atoms. The third-order valence-electron chi connectivity index (χ3n) is 2.62. The predicted molar refractivity (Wildman–Crippen MR) is 82.5 cm³/mol. The van der Waals surface area contributed by atoms with Crippen molar-refractivity contribution in [1.82, 2.24) is 1.97 Å². The molecule has 0 amide bonds. The Bertz CT molecular complexity index is 179. The summed E-state index contributed by atoms with van der Waals surface area (Å²) < 4.78 is 5.67. The first-order valence-corrected chi connectivity index (χ1v) is 10.8. The van der Waals surface area contributed by atoms with E-state index in [0.29, 0.717) is 0 Å². The fourth-order valence-electron chi connectivity index (χ4n) is 2.28. The first-order valence-electron chi connectivity index (χ1n) is 7.96. The van der Waals surface area contributed by atoms with Crippen LogP contribution in [0.4, 0.5) is 0 Å². The molecule has 121 valence electrons. The summed E-state index contributed by atoms with van der Waals surface area (Å²) in [5.74, 6) is 3.19. The summed E-state index contributed by atoms with van der Waals surface area (Å²) in [5, 5.41) is 0. The quantitative estimate of drug-likeness (QED) is 0.524. The van der Waals surface area contributed by atoms with Gasteiger partial charge in [-0.3, -0.25) is 0 Å². The van der Waals surface area contributed by atoms with E-state index in [1.54, 1.807) is 0 Å². The average Bonchev–Trinajstić information content (AvgIpc) is 2.11. The van der Waals surface area contributed by atoms with Crippen LogP contribution in [0.2, 0.25) is 0 Å². The first kappa shape index (κ1) is 23.5. The Morgan fingerprint density at radius 2 is 0.750 bits per heavy atom. The molecule has 0 unspecified atom stereocenters. The SMILES string of the molecule is CC(C)C[N](CC(C)C)[Nd+][N](CC(C)C)CC(C)C.[F-]. The number of hydrogen-bond donors (Lipinski definition) is 0. The van der Waals surface area contributed by atoms with Crippen molar-refractivity contribution in [3.05, 3.63) is 0 Å². The second-order valence-corrected chi connectivity index (χ2v) is 12.2. The van der Waals surface area contributed by atoms with Crippen molar-refractivity contribution in [3.63, 3.8) is 0 Å². The van der Waals surface area contributed by atoms with Crippen LogP contribution in [0.3, 0.4) is 0 Å². The van der Waals surface area contributed by atoms with Gasteiger partial charge in [0, 0.05) is 0 Å². The Hall–Kier alpha value is 1.20. The molecule has 0 aliphatic heterocycles. The summed E-state index contributed by atoms with van der Waals surface area (Å²) in [6, 6.07) is 0. The minimum atomic E-state index is -0.824. The van der Waals surface area contributed by atoms with Crippen LogP contribution in [0, 0.1) is 61.2 Å². The molecule has 0 radical (unpaired) electrons. The van der Waals surface area contributed by atoms with Crippen molar-refractivity contribution >= 4 is 0 Å². The van der Waals surface area contributed by atoms with E-state index in [1.165, 1.54) is 26.2 Å². The van der Waals surface area contributed by atoms with Crippen LogP contribution in [0.1, 0.15) is 55.4 Å². The molecule has 0 aromatic rings. The van der Waals surface area contributed by atoms with Gasteiger partial charge in [-0.05, 0) is 0 Å². The molecule has 0 heterocycles. The zero-order valence-electron chi connectivity index (χ0n) is 14.9. The smallest absolute Gasteiger partial charge is 1.00 e. The summed E-state index contributed by atoms with van der Waals surface area (Å²) in [6.45, 7) is 24.0. The summed E-state index contributed by atoms with van der Waals surface area (Å²) in [6.07, 6.45) is 0. The minimum Gasteiger partial charge on any atom is -1.00 e. The van der Waals surface area contributed by atoms with Gasteiger partial charge in [0.05, 0.1) is 0 Å². The van der Waals surface area contributed by atoms with Crippen molar-refractivity contribution in [2.75, 3.05) is 26.2 Å². The maximum absolute atomic E-state index is 2.83. The number of rotatable bonds is 10. The van der Waals surface area contributed by atoms with Gasteiger partial charge in [0.25, 0.3) is 0 Å². The Balaban J connectivity index is 0. The predicted octanol–water partition coefficient (Wildman–Crippen LogP) is 1.13. The third kappa shape index (κ3) is 14.2. The number of hydrogen-bond acceptors (Lipinski definition) is 2. The maximum atomic E-state index is 2.83. The molecule has 0 aliphatic rings. The average molecular weight is 420 g/mol. The molecule has 0 aliphatic carbocycles. The third-order valence-corrected chi connectivity index (χ3v) is 6.78. The van der Waals surface area contributed by atoms with Gasteiger partial charge in [-0.2, -0.15) is 0 Å². The topological polar surface area (TPSA) is 6.48 Å². The van der Waals surface area contributed by atoms with Crippen molar-refractivity contribution in [2.24, 2.45) is 23.7 Å². The monoisotopic (exact) mass is 417 g/mol. The van der Waals surface area contributed by atoms with Crippen LogP contribution in [0.15, 0.2) is 0 Å². The van der Waals surface area contributed by atoms with Gasteiger partial charge in [0.15, 0.2) is 0 Å². The van der Waals surface area contributed by atoms with Crippen LogP contribution >= 0.6 is 0 Å². The van der Waals surface area contributed by atoms with E-state index in [0.717, 1.165) is 23.7 Å². The van der Waals surface area contributed by atoms with Crippen molar-refractivity contribution < 1.29 is 42.2 Å². The Morgan fingerprint density at radius 3 is 0.900 bits per heavy atom. The normalized spacial score (nSPS) is 11.9. The molecule has 0 saturated heterocycles. The fourth-order valence-corrected chi connectivity index (χ4v) is 9.29. The molecule has 4 heteroatoms. The molecule has 0 bridgehead atoms. The number of nitrogens with zero attached hydrogens (tertiary/aromatic N) is 2. The van der Waals surface area contributed by atoms with Crippen LogP contribution in [0.5, 0.6) is 0 Å². The zero-order valence-corrected chi connectivity index (χ0v) is 18.1. The van der Waals surface area contributed by atoms with Crippen molar-refractivity contribution in [3.8, 4) is 0 Å². The zero-order chi connectivity index (χ0) is 15.0. The Kier molecular flexibility index (Phi) is 14.9. The van der Waals surface area contributed by atoms with Crippen LogP contribution in [-0.2, 0) is 0 Å².